The number of fused-ring (bicyclic) bond motifs is 1. The number of benzene rings is 2. The zero-order valence-electron chi connectivity index (χ0n) is 15.2. The van der Waals surface area contributed by atoms with Gasteiger partial charge in [0.2, 0.25) is 12.6 Å². The number of hydrogen-bond acceptors (Lipinski definition) is 8. The molecule has 150 valence electrons. The Morgan fingerprint density at radius 1 is 1.10 bits per heavy atom. The standard InChI is InChI=1S/C19H12FN5O5/c20-13-4-1-11(2-5-13)9-24-14(8-17(22-24)25(26)27)19-21-18(23-30-19)12-3-6-15-16(7-12)29-10-28-15/h1-8H,9-10H2. The van der Waals surface area contributed by atoms with Gasteiger partial charge in [-0.1, -0.05) is 17.3 Å². The van der Waals surface area contributed by atoms with Crippen LogP contribution >= 0.6 is 0 Å². The second-order valence-electron chi connectivity index (χ2n) is 6.42. The van der Waals surface area contributed by atoms with Crippen LogP contribution in [0.15, 0.2) is 53.1 Å². The molecule has 0 fully saturated rings. The molecule has 10 nitrogen and oxygen atoms in total. The lowest BCUT2D eigenvalue weighted by Crippen LogP contribution is -2.04. The summed E-state index contributed by atoms with van der Waals surface area (Å²) < 4.78 is 30.5. The van der Waals surface area contributed by atoms with Gasteiger partial charge in [-0.3, -0.25) is 0 Å². The summed E-state index contributed by atoms with van der Waals surface area (Å²) in [5.74, 6) is 0.780. The molecule has 0 amide bonds. The van der Waals surface area contributed by atoms with Gasteiger partial charge in [-0.15, -0.1) is 0 Å². The highest BCUT2D eigenvalue weighted by molar-refractivity contribution is 5.63. The second kappa shape index (κ2) is 6.95. The van der Waals surface area contributed by atoms with Crippen molar-refractivity contribution in [3.05, 3.63) is 70.0 Å². The van der Waals surface area contributed by atoms with Crippen LogP contribution in [-0.4, -0.2) is 31.6 Å². The van der Waals surface area contributed by atoms with Gasteiger partial charge in [0.1, 0.15) is 5.82 Å². The van der Waals surface area contributed by atoms with Crippen LogP contribution in [0.3, 0.4) is 0 Å². The number of aromatic nitrogens is 4. The second-order valence-corrected chi connectivity index (χ2v) is 6.42. The average Bonchev–Trinajstić information content (AvgIpc) is 3.48. The summed E-state index contributed by atoms with van der Waals surface area (Å²) in [6, 6.07) is 12.2. The maximum atomic E-state index is 13.2. The molecular weight excluding hydrogens is 397 g/mol. The molecule has 1 aliphatic rings. The summed E-state index contributed by atoms with van der Waals surface area (Å²) >= 11 is 0. The number of halogens is 1. The number of rotatable bonds is 5. The Labute approximate surface area is 167 Å². The predicted molar refractivity (Wildman–Crippen MR) is 99.2 cm³/mol. The molecule has 30 heavy (non-hydrogen) atoms. The Hall–Kier alpha value is -4.28. The van der Waals surface area contributed by atoms with Crippen molar-refractivity contribution in [3.8, 4) is 34.5 Å². The largest absolute Gasteiger partial charge is 0.454 e. The van der Waals surface area contributed by atoms with E-state index in [1.807, 2.05) is 0 Å². The lowest BCUT2D eigenvalue weighted by Gasteiger charge is -2.01. The van der Waals surface area contributed by atoms with Crippen LogP contribution in [0.4, 0.5) is 10.2 Å². The SMILES string of the molecule is O=[N+]([O-])c1cc(-c2nc(-c3ccc4c(c3)OCO4)no2)n(Cc2ccc(F)cc2)n1. The quantitative estimate of drug-likeness (QED) is 0.363. The van der Waals surface area contributed by atoms with Gasteiger partial charge < -0.3 is 24.1 Å². The van der Waals surface area contributed by atoms with E-state index in [2.05, 4.69) is 15.2 Å². The molecular formula is C19H12FN5O5. The van der Waals surface area contributed by atoms with Crippen molar-refractivity contribution in [1.82, 2.24) is 19.9 Å². The highest BCUT2D eigenvalue weighted by Crippen LogP contribution is 2.35. The van der Waals surface area contributed by atoms with Crippen LogP contribution in [0.2, 0.25) is 0 Å². The Kier molecular flexibility index (Phi) is 4.12. The lowest BCUT2D eigenvalue weighted by molar-refractivity contribution is -0.389. The molecule has 0 unspecified atom stereocenters. The molecule has 5 rings (SSSR count). The van der Waals surface area contributed by atoms with Crippen LogP contribution in [-0.2, 0) is 6.54 Å². The fourth-order valence-corrected chi connectivity index (χ4v) is 3.03. The summed E-state index contributed by atoms with van der Waals surface area (Å²) in [4.78, 5) is 15.0. The van der Waals surface area contributed by atoms with Crippen molar-refractivity contribution in [1.29, 1.82) is 0 Å². The van der Waals surface area contributed by atoms with Gasteiger partial charge in [-0.2, -0.15) is 9.67 Å². The van der Waals surface area contributed by atoms with E-state index >= 15 is 0 Å². The first-order valence-electron chi connectivity index (χ1n) is 8.77. The van der Waals surface area contributed by atoms with E-state index in [4.69, 9.17) is 14.0 Å². The van der Waals surface area contributed by atoms with Crippen LogP contribution in [0, 0.1) is 15.9 Å². The van der Waals surface area contributed by atoms with E-state index in [9.17, 15) is 14.5 Å². The molecule has 2 aromatic carbocycles. The topological polar surface area (TPSA) is 118 Å². The Balaban J connectivity index is 1.50. The van der Waals surface area contributed by atoms with E-state index in [1.54, 1.807) is 30.3 Å². The molecule has 11 heteroatoms. The van der Waals surface area contributed by atoms with E-state index in [-0.39, 0.29) is 42.4 Å². The van der Waals surface area contributed by atoms with Gasteiger partial charge in [-0.25, -0.2) is 4.39 Å². The molecule has 0 saturated heterocycles. The van der Waals surface area contributed by atoms with Crippen molar-refractivity contribution < 1.29 is 23.3 Å². The fraction of sp³-hybridized carbons (Fsp3) is 0.105. The Morgan fingerprint density at radius 3 is 2.70 bits per heavy atom. The molecule has 0 aliphatic carbocycles. The third-order valence-corrected chi connectivity index (χ3v) is 4.48. The summed E-state index contributed by atoms with van der Waals surface area (Å²) in [6.07, 6.45) is 0. The third kappa shape index (κ3) is 3.21. The Morgan fingerprint density at radius 2 is 1.90 bits per heavy atom. The number of hydrogen-bond donors (Lipinski definition) is 0. The van der Waals surface area contributed by atoms with Crippen LogP contribution in [0.1, 0.15) is 5.56 Å². The fourth-order valence-electron chi connectivity index (χ4n) is 3.03. The van der Waals surface area contributed by atoms with E-state index in [1.165, 1.54) is 22.9 Å². The van der Waals surface area contributed by atoms with Crippen molar-refractivity contribution in [2.75, 3.05) is 6.79 Å². The van der Waals surface area contributed by atoms with Crippen molar-refractivity contribution >= 4 is 5.82 Å². The van der Waals surface area contributed by atoms with Crippen molar-refractivity contribution in [3.63, 3.8) is 0 Å². The molecule has 0 saturated carbocycles. The summed E-state index contributed by atoms with van der Waals surface area (Å²) in [5.41, 5.74) is 1.60. The molecule has 0 radical (unpaired) electrons. The van der Waals surface area contributed by atoms with Gasteiger partial charge in [0, 0.05) is 5.56 Å². The van der Waals surface area contributed by atoms with Crippen LogP contribution in [0.5, 0.6) is 11.5 Å². The average molecular weight is 409 g/mol. The molecule has 0 N–H and O–H groups in total. The number of nitro groups is 1. The first kappa shape index (κ1) is 17.8. The minimum Gasteiger partial charge on any atom is -0.454 e. The minimum absolute atomic E-state index is 0.0605. The minimum atomic E-state index is -0.611. The molecule has 4 aromatic rings. The molecule has 0 atom stereocenters. The zero-order chi connectivity index (χ0) is 20.7. The van der Waals surface area contributed by atoms with Gasteiger partial charge in [0.15, 0.2) is 17.2 Å². The highest BCUT2D eigenvalue weighted by atomic mass is 19.1. The van der Waals surface area contributed by atoms with Crippen molar-refractivity contribution in [2.45, 2.75) is 6.54 Å². The predicted octanol–water partition coefficient (Wildman–Crippen LogP) is 3.42. The van der Waals surface area contributed by atoms with Crippen LogP contribution < -0.4 is 9.47 Å². The first-order valence-corrected chi connectivity index (χ1v) is 8.77. The Bertz CT molecular complexity index is 1250. The van der Waals surface area contributed by atoms with E-state index in [0.717, 1.165) is 0 Å². The van der Waals surface area contributed by atoms with Crippen molar-refractivity contribution in [2.24, 2.45) is 0 Å². The highest BCUT2D eigenvalue weighted by Gasteiger charge is 2.25. The summed E-state index contributed by atoms with van der Waals surface area (Å²) in [7, 11) is 0. The number of ether oxygens (including phenoxy) is 2. The van der Waals surface area contributed by atoms with Gasteiger partial charge in [0.25, 0.3) is 5.89 Å². The van der Waals surface area contributed by atoms with Gasteiger partial charge >= 0.3 is 5.82 Å². The molecule has 2 aromatic heterocycles. The third-order valence-electron chi connectivity index (χ3n) is 4.48. The smallest absolute Gasteiger partial charge is 0.390 e. The summed E-state index contributed by atoms with van der Waals surface area (Å²) in [6.45, 7) is 0.299. The zero-order valence-corrected chi connectivity index (χ0v) is 15.2. The maximum absolute atomic E-state index is 13.2. The lowest BCUT2D eigenvalue weighted by atomic mass is 10.2. The van der Waals surface area contributed by atoms with Crippen LogP contribution in [0.25, 0.3) is 23.0 Å². The van der Waals surface area contributed by atoms with Gasteiger partial charge in [0.05, 0.1) is 17.7 Å². The molecule has 0 spiro atoms. The van der Waals surface area contributed by atoms with E-state index < -0.39 is 4.92 Å². The maximum Gasteiger partial charge on any atom is 0.390 e. The van der Waals surface area contributed by atoms with Gasteiger partial charge in [-0.05, 0) is 40.8 Å². The molecule has 1 aliphatic heterocycles. The molecule has 3 heterocycles. The normalized spacial score (nSPS) is 12.3. The first-order chi connectivity index (χ1) is 14.6. The molecule has 0 bridgehead atoms. The monoisotopic (exact) mass is 409 g/mol. The van der Waals surface area contributed by atoms with E-state index in [0.29, 0.717) is 22.6 Å². The number of nitrogens with zero attached hydrogens (tertiary/aromatic N) is 5. The summed E-state index contributed by atoms with van der Waals surface area (Å²) in [5, 5.41) is 19.2.